The maximum atomic E-state index is 12.9. The minimum absolute atomic E-state index is 0.111. The molecule has 1 amide bonds. The van der Waals surface area contributed by atoms with E-state index in [0.717, 1.165) is 25.0 Å². The summed E-state index contributed by atoms with van der Waals surface area (Å²) in [5.74, 6) is -0.458. The number of alkyl halides is 3. The van der Waals surface area contributed by atoms with Crippen LogP contribution in [0.1, 0.15) is 25.3 Å². The first-order chi connectivity index (χ1) is 11.4. The molecule has 1 aliphatic rings. The van der Waals surface area contributed by atoms with E-state index in [9.17, 15) is 18.0 Å². The summed E-state index contributed by atoms with van der Waals surface area (Å²) >= 11 is 0. The Balaban J connectivity index is 2.17. The number of hydrogen-bond acceptors (Lipinski definition) is 4. The summed E-state index contributed by atoms with van der Waals surface area (Å²) < 4.78 is 44.1. The number of morpholine rings is 1. The highest BCUT2D eigenvalue weighted by Crippen LogP contribution is 2.34. The van der Waals surface area contributed by atoms with Crippen LogP contribution in [0.5, 0.6) is 0 Å². The van der Waals surface area contributed by atoms with Gasteiger partial charge >= 0.3 is 6.18 Å². The number of unbranched alkanes of at least 4 members (excludes halogenated alkanes) is 1. The van der Waals surface area contributed by atoms with E-state index in [4.69, 9.17) is 4.74 Å². The Hall–Kier alpha value is -1.80. The van der Waals surface area contributed by atoms with Crippen molar-refractivity contribution in [2.24, 2.45) is 0 Å². The average molecular weight is 345 g/mol. The monoisotopic (exact) mass is 345 g/mol. The van der Waals surface area contributed by atoms with E-state index < -0.39 is 23.8 Å². The molecule has 1 saturated heterocycles. The Morgan fingerprint density at radius 3 is 2.79 bits per heavy atom. The molecule has 1 aromatic rings. The van der Waals surface area contributed by atoms with Crippen molar-refractivity contribution in [3.63, 3.8) is 0 Å². The number of ether oxygens (including phenoxy) is 1. The molecule has 1 heterocycles. The molecule has 1 aromatic carbocycles. The van der Waals surface area contributed by atoms with Crippen molar-refractivity contribution in [2.75, 3.05) is 36.9 Å². The third-order valence-electron chi connectivity index (χ3n) is 3.67. The van der Waals surface area contributed by atoms with Gasteiger partial charge in [0.25, 0.3) is 5.91 Å². The minimum atomic E-state index is -4.47. The van der Waals surface area contributed by atoms with Crippen molar-refractivity contribution in [2.45, 2.75) is 32.0 Å². The number of hydrogen-bond donors (Lipinski definition) is 3. The van der Waals surface area contributed by atoms with Gasteiger partial charge in [-0.15, -0.1) is 0 Å². The van der Waals surface area contributed by atoms with E-state index in [1.165, 1.54) is 6.07 Å². The largest absolute Gasteiger partial charge is 0.416 e. The van der Waals surface area contributed by atoms with Gasteiger partial charge in [0.05, 0.1) is 23.5 Å². The molecule has 0 aromatic heterocycles. The van der Waals surface area contributed by atoms with E-state index in [-0.39, 0.29) is 5.69 Å². The molecule has 2 rings (SSSR count). The third-order valence-corrected chi connectivity index (χ3v) is 3.67. The van der Waals surface area contributed by atoms with Crippen LogP contribution in [0.3, 0.4) is 0 Å². The highest BCUT2D eigenvalue weighted by atomic mass is 19.4. The highest BCUT2D eigenvalue weighted by molar-refractivity contribution is 5.97. The molecule has 0 aliphatic carbocycles. The van der Waals surface area contributed by atoms with Crippen LogP contribution in [-0.4, -0.2) is 38.3 Å². The summed E-state index contributed by atoms with van der Waals surface area (Å²) in [5.41, 5.74) is -0.227. The topological polar surface area (TPSA) is 62.4 Å². The molecule has 1 aliphatic heterocycles. The zero-order chi connectivity index (χ0) is 17.6. The second-order valence-corrected chi connectivity index (χ2v) is 5.59. The number of carbonyl (C=O) groups excluding carboxylic acids is 1. The predicted octanol–water partition coefficient (Wildman–Crippen LogP) is 2.84. The Morgan fingerprint density at radius 1 is 1.38 bits per heavy atom. The number of halogens is 3. The van der Waals surface area contributed by atoms with Crippen molar-refractivity contribution in [3.8, 4) is 0 Å². The van der Waals surface area contributed by atoms with Gasteiger partial charge in [-0.2, -0.15) is 13.2 Å². The molecule has 0 bridgehead atoms. The molecular weight excluding hydrogens is 323 g/mol. The zero-order valence-corrected chi connectivity index (χ0v) is 13.5. The van der Waals surface area contributed by atoms with Gasteiger partial charge in [0.1, 0.15) is 6.10 Å². The first-order valence-electron chi connectivity index (χ1n) is 8.00. The first-order valence-corrected chi connectivity index (χ1v) is 8.00. The average Bonchev–Trinajstić information content (AvgIpc) is 2.56. The number of benzene rings is 1. The fourth-order valence-corrected chi connectivity index (χ4v) is 2.33. The van der Waals surface area contributed by atoms with Crippen molar-refractivity contribution in [1.82, 2.24) is 5.32 Å². The second kappa shape index (κ2) is 8.34. The lowest BCUT2D eigenvalue weighted by molar-refractivity contribution is -0.137. The fraction of sp³-hybridized carbons (Fsp3) is 0.562. The summed E-state index contributed by atoms with van der Waals surface area (Å²) in [6, 6.07) is 3.29. The standard InChI is InChI=1S/C16H22F3N3O2/c1-2-3-6-21-12-5-4-11(16(17,18)19)9-13(12)22-15(23)14-10-20-7-8-24-14/h4-5,9,14,20-21H,2-3,6-8,10H2,1H3,(H,22,23)/t14-/m1/s1. The van der Waals surface area contributed by atoms with Crippen LogP contribution < -0.4 is 16.0 Å². The van der Waals surface area contributed by atoms with E-state index in [1.54, 1.807) is 0 Å². The van der Waals surface area contributed by atoms with Gasteiger partial charge < -0.3 is 20.7 Å². The van der Waals surface area contributed by atoms with Crippen LogP contribution >= 0.6 is 0 Å². The van der Waals surface area contributed by atoms with Crippen LogP contribution in [0.25, 0.3) is 0 Å². The van der Waals surface area contributed by atoms with Crippen molar-refractivity contribution in [1.29, 1.82) is 0 Å². The zero-order valence-electron chi connectivity index (χ0n) is 13.5. The van der Waals surface area contributed by atoms with E-state index in [1.807, 2.05) is 6.92 Å². The van der Waals surface area contributed by atoms with Crippen LogP contribution in [0.2, 0.25) is 0 Å². The molecule has 1 atom stereocenters. The van der Waals surface area contributed by atoms with E-state index in [0.29, 0.717) is 31.9 Å². The van der Waals surface area contributed by atoms with Crippen molar-refractivity contribution in [3.05, 3.63) is 23.8 Å². The molecule has 5 nitrogen and oxygen atoms in total. The Kier molecular flexibility index (Phi) is 6.44. The van der Waals surface area contributed by atoms with Crippen LogP contribution in [0.4, 0.5) is 24.5 Å². The van der Waals surface area contributed by atoms with Gasteiger partial charge in [-0.25, -0.2) is 0 Å². The van der Waals surface area contributed by atoms with Crippen LogP contribution in [0.15, 0.2) is 18.2 Å². The van der Waals surface area contributed by atoms with Gasteiger partial charge in [0.15, 0.2) is 0 Å². The summed E-state index contributed by atoms with van der Waals surface area (Å²) in [7, 11) is 0. The molecule has 134 valence electrons. The maximum absolute atomic E-state index is 12.9. The maximum Gasteiger partial charge on any atom is 0.416 e. The highest BCUT2D eigenvalue weighted by Gasteiger charge is 2.31. The third kappa shape index (κ3) is 5.10. The van der Waals surface area contributed by atoms with E-state index in [2.05, 4.69) is 16.0 Å². The number of anilines is 2. The molecule has 1 fully saturated rings. The van der Waals surface area contributed by atoms with Gasteiger partial charge in [-0.05, 0) is 24.6 Å². The first kappa shape index (κ1) is 18.5. The molecule has 3 N–H and O–H groups in total. The number of amides is 1. The molecule has 0 saturated carbocycles. The molecule has 0 radical (unpaired) electrons. The molecule has 8 heteroatoms. The Labute approximate surface area is 138 Å². The SMILES string of the molecule is CCCCNc1ccc(C(F)(F)F)cc1NC(=O)[C@H]1CNCCO1. The lowest BCUT2D eigenvalue weighted by Crippen LogP contribution is -2.45. The summed E-state index contributed by atoms with van der Waals surface area (Å²) in [4.78, 5) is 12.2. The van der Waals surface area contributed by atoms with Crippen molar-refractivity contribution < 1.29 is 22.7 Å². The van der Waals surface area contributed by atoms with Gasteiger partial charge in [-0.1, -0.05) is 13.3 Å². The quantitative estimate of drug-likeness (QED) is 0.694. The van der Waals surface area contributed by atoms with Crippen LogP contribution in [0, 0.1) is 0 Å². The normalized spacial score (nSPS) is 18.2. The number of rotatable bonds is 6. The van der Waals surface area contributed by atoms with Crippen LogP contribution in [-0.2, 0) is 15.7 Å². The smallest absolute Gasteiger partial charge is 0.383 e. The van der Waals surface area contributed by atoms with Gasteiger partial charge in [0, 0.05) is 19.6 Å². The summed E-state index contributed by atoms with van der Waals surface area (Å²) in [5, 5.41) is 8.63. The Bertz CT molecular complexity index is 558. The second-order valence-electron chi connectivity index (χ2n) is 5.59. The van der Waals surface area contributed by atoms with Gasteiger partial charge in [-0.3, -0.25) is 4.79 Å². The van der Waals surface area contributed by atoms with Gasteiger partial charge in [0.2, 0.25) is 0 Å². The predicted molar refractivity (Wildman–Crippen MR) is 86.1 cm³/mol. The molecule has 0 unspecified atom stereocenters. The summed E-state index contributed by atoms with van der Waals surface area (Å²) in [6.07, 6.45) is -3.34. The van der Waals surface area contributed by atoms with E-state index >= 15 is 0 Å². The lowest BCUT2D eigenvalue weighted by Gasteiger charge is -2.23. The summed E-state index contributed by atoms with van der Waals surface area (Å²) in [6.45, 7) is 4.01. The molecule has 0 spiro atoms. The minimum Gasteiger partial charge on any atom is -0.383 e. The Morgan fingerprint density at radius 2 is 2.17 bits per heavy atom. The fourth-order valence-electron chi connectivity index (χ4n) is 2.33. The van der Waals surface area contributed by atoms with Crippen molar-refractivity contribution >= 4 is 17.3 Å². The molecule has 24 heavy (non-hydrogen) atoms. The number of carbonyl (C=O) groups is 1. The lowest BCUT2D eigenvalue weighted by atomic mass is 10.1. The number of nitrogens with one attached hydrogen (secondary N) is 3. The molecular formula is C16H22F3N3O2.